The SMILES string of the molecule is Cc1cc([N+](=O)[O-])ccc1NC(c1ccccn1)c1ccc2cccnc2c1O. The zero-order chi connectivity index (χ0) is 20.4. The van der Waals surface area contributed by atoms with E-state index in [9.17, 15) is 15.2 Å². The lowest BCUT2D eigenvalue weighted by Crippen LogP contribution is -2.15. The van der Waals surface area contributed by atoms with Crippen LogP contribution in [0.25, 0.3) is 10.9 Å². The third-order valence-corrected chi connectivity index (χ3v) is 4.79. The Morgan fingerprint density at radius 2 is 1.86 bits per heavy atom. The van der Waals surface area contributed by atoms with E-state index in [1.807, 2.05) is 42.5 Å². The zero-order valence-corrected chi connectivity index (χ0v) is 15.6. The standard InChI is InChI=1S/C22H18N4O3/c1-14-13-16(26(28)29)8-10-18(14)25-21(19-6-2-3-11-23-19)17-9-7-15-5-4-12-24-20(15)22(17)27/h2-13,21,25,27H,1H3. The van der Waals surface area contributed by atoms with Gasteiger partial charge in [-0.05, 0) is 36.8 Å². The number of rotatable bonds is 5. The Balaban J connectivity index is 1.82. The predicted octanol–water partition coefficient (Wildman–Crippen LogP) is 4.75. The molecule has 0 fully saturated rings. The number of nitrogens with one attached hydrogen (secondary N) is 1. The predicted molar refractivity (Wildman–Crippen MR) is 111 cm³/mol. The van der Waals surface area contributed by atoms with Gasteiger partial charge in [-0.15, -0.1) is 0 Å². The topological polar surface area (TPSA) is 101 Å². The highest BCUT2D eigenvalue weighted by Crippen LogP contribution is 2.36. The molecule has 1 unspecified atom stereocenters. The molecule has 0 aliphatic carbocycles. The molecule has 0 saturated heterocycles. The molecule has 2 heterocycles. The molecular weight excluding hydrogens is 368 g/mol. The van der Waals surface area contributed by atoms with Gasteiger partial charge >= 0.3 is 0 Å². The summed E-state index contributed by atoms with van der Waals surface area (Å²) in [4.78, 5) is 19.4. The minimum atomic E-state index is -0.470. The van der Waals surface area contributed by atoms with Gasteiger partial charge in [-0.25, -0.2) is 0 Å². The number of anilines is 1. The molecule has 7 heteroatoms. The second kappa shape index (κ2) is 7.55. The van der Waals surface area contributed by atoms with Crippen molar-refractivity contribution in [3.63, 3.8) is 0 Å². The minimum absolute atomic E-state index is 0.0280. The van der Waals surface area contributed by atoms with Crippen molar-refractivity contribution in [3.05, 3.63) is 100.0 Å². The highest BCUT2D eigenvalue weighted by atomic mass is 16.6. The van der Waals surface area contributed by atoms with Gasteiger partial charge in [0.15, 0.2) is 0 Å². The summed E-state index contributed by atoms with van der Waals surface area (Å²) in [5.74, 6) is 0.0748. The van der Waals surface area contributed by atoms with Crippen LogP contribution in [-0.4, -0.2) is 20.0 Å². The first-order valence-electron chi connectivity index (χ1n) is 9.03. The van der Waals surface area contributed by atoms with E-state index in [4.69, 9.17) is 0 Å². The van der Waals surface area contributed by atoms with Crippen molar-refractivity contribution >= 4 is 22.3 Å². The van der Waals surface area contributed by atoms with Crippen molar-refractivity contribution in [1.82, 2.24) is 9.97 Å². The number of phenols is 1. The molecule has 2 aromatic heterocycles. The van der Waals surface area contributed by atoms with Crippen LogP contribution in [-0.2, 0) is 0 Å². The lowest BCUT2D eigenvalue weighted by molar-refractivity contribution is -0.384. The van der Waals surface area contributed by atoms with Crippen LogP contribution in [0.15, 0.2) is 73.1 Å². The number of pyridine rings is 2. The van der Waals surface area contributed by atoms with Crippen LogP contribution in [0.3, 0.4) is 0 Å². The smallest absolute Gasteiger partial charge is 0.269 e. The van der Waals surface area contributed by atoms with E-state index in [1.165, 1.54) is 12.1 Å². The van der Waals surface area contributed by atoms with Gasteiger partial charge in [0, 0.05) is 41.2 Å². The van der Waals surface area contributed by atoms with Gasteiger partial charge in [0.1, 0.15) is 11.3 Å². The van der Waals surface area contributed by atoms with Crippen molar-refractivity contribution < 1.29 is 10.0 Å². The van der Waals surface area contributed by atoms with E-state index in [1.54, 1.807) is 25.4 Å². The number of aryl methyl sites for hydroxylation is 1. The van der Waals surface area contributed by atoms with Crippen molar-refractivity contribution in [3.8, 4) is 5.75 Å². The number of nitro benzene ring substituents is 1. The molecule has 2 aromatic carbocycles. The van der Waals surface area contributed by atoms with Crippen LogP contribution >= 0.6 is 0 Å². The lowest BCUT2D eigenvalue weighted by Gasteiger charge is -2.22. The molecule has 0 amide bonds. The number of hydrogen-bond acceptors (Lipinski definition) is 6. The molecule has 2 N–H and O–H groups in total. The lowest BCUT2D eigenvalue weighted by atomic mass is 9.98. The molecule has 29 heavy (non-hydrogen) atoms. The summed E-state index contributed by atoms with van der Waals surface area (Å²) in [5, 5.41) is 26.2. The molecule has 0 saturated carbocycles. The van der Waals surface area contributed by atoms with Gasteiger partial charge in [-0.3, -0.25) is 20.1 Å². The molecule has 4 aromatic rings. The molecule has 0 aliphatic rings. The van der Waals surface area contributed by atoms with Crippen molar-refractivity contribution in [1.29, 1.82) is 0 Å². The Bertz CT molecular complexity index is 1200. The van der Waals surface area contributed by atoms with E-state index in [0.29, 0.717) is 22.5 Å². The van der Waals surface area contributed by atoms with Crippen molar-refractivity contribution in [2.45, 2.75) is 13.0 Å². The summed E-state index contributed by atoms with van der Waals surface area (Å²) < 4.78 is 0. The van der Waals surface area contributed by atoms with Crippen molar-refractivity contribution in [2.24, 2.45) is 0 Å². The van der Waals surface area contributed by atoms with Gasteiger partial charge in [-0.2, -0.15) is 0 Å². The number of fused-ring (bicyclic) bond motifs is 1. The summed E-state index contributed by atoms with van der Waals surface area (Å²) in [6, 6.07) is 17.2. The van der Waals surface area contributed by atoms with Crippen LogP contribution in [0.1, 0.15) is 22.9 Å². The van der Waals surface area contributed by atoms with Crippen LogP contribution in [0.2, 0.25) is 0 Å². The number of aromatic hydroxyl groups is 1. The molecule has 0 radical (unpaired) electrons. The highest BCUT2D eigenvalue weighted by molar-refractivity contribution is 5.86. The molecule has 1 atom stereocenters. The maximum atomic E-state index is 11.0. The van der Waals surface area contributed by atoms with Gasteiger partial charge in [0.25, 0.3) is 5.69 Å². The Morgan fingerprint density at radius 3 is 2.59 bits per heavy atom. The first-order chi connectivity index (χ1) is 14.0. The summed E-state index contributed by atoms with van der Waals surface area (Å²) in [5.41, 5.74) is 3.29. The number of aromatic nitrogens is 2. The second-order valence-electron chi connectivity index (χ2n) is 6.67. The number of hydrogen-bond donors (Lipinski definition) is 2. The number of non-ortho nitro benzene ring substituents is 1. The van der Waals surface area contributed by atoms with Crippen molar-refractivity contribution in [2.75, 3.05) is 5.32 Å². The third-order valence-electron chi connectivity index (χ3n) is 4.79. The van der Waals surface area contributed by atoms with Gasteiger partial charge in [0.2, 0.25) is 0 Å². The first-order valence-corrected chi connectivity index (χ1v) is 9.03. The summed E-state index contributed by atoms with van der Waals surface area (Å²) >= 11 is 0. The highest BCUT2D eigenvalue weighted by Gasteiger charge is 2.22. The summed E-state index contributed by atoms with van der Waals surface area (Å²) in [6.45, 7) is 1.80. The number of benzene rings is 2. The van der Waals surface area contributed by atoms with E-state index < -0.39 is 11.0 Å². The Kier molecular flexibility index (Phi) is 4.78. The Morgan fingerprint density at radius 1 is 1.03 bits per heavy atom. The molecule has 4 rings (SSSR count). The minimum Gasteiger partial charge on any atom is -0.505 e. The van der Waals surface area contributed by atoms with Gasteiger partial charge < -0.3 is 10.4 Å². The van der Waals surface area contributed by atoms with E-state index in [-0.39, 0.29) is 11.4 Å². The number of phenolic OH excluding ortho intramolecular Hbond substituents is 1. The average Bonchev–Trinajstić information content (AvgIpc) is 2.74. The van der Waals surface area contributed by atoms with Crippen LogP contribution < -0.4 is 5.32 Å². The monoisotopic (exact) mass is 386 g/mol. The maximum absolute atomic E-state index is 11.0. The van der Waals surface area contributed by atoms with Crippen LogP contribution in [0, 0.1) is 17.0 Å². The second-order valence-corrected chi connectivity index (χ2v) is 6.67. The van der Waals surface area contributed by atoms with E-state index in [0.717, 1.165) is 10.9 Å². The summed E-state index contributed by atoms with van der Waals surface area (Å²) in [7, 11) is 0. The zero-order valence-electron chi connectivity index (χ0n) is 15.6. The fourth-order valence-corrected chi connectivity index (χ4v) is 3.31. The van der Waals surface area contributed by atoms with E-state index >= 15 is 0 Å². The quantitative estimate of drug-likeness (QED) is 0.379. The third kappa shape index (κ3) is 3.58. The molecule has 0 spiro atoms. The largest absolute Gasteiger partial charge is 0.505 e. The van der Waals surface area contributed by atoms with E-state index in [2.05, 4.69) is 15.3 Å². The van der Waals surface area contributed by atoms with Crippen LogP contribution in [0.4, 0.5) is 11.4 Å². The normalized spacial score (nSPS) is 11.9. The van der Waals surface area contributed by atoms with Gasteiger partial charge in [0.05, 0.1) is 16.7 Å². The first kappa shape index (κ1) is 18.4. The number of nitro groups is 1. The Hall–Kier alpha value is -4.00. The molecular formula is C22H18N4O3. The molecule has 0 bridgehead atoms. The molecule has 7 nitrogen and oxygen atoms in total. The fourth-order valence-electron chi connectivity index (χ4n) is 3.31. The van der Waals surface area contributed by atoms with Crippen LogP contribution in [0.5, 0.6) is 5.75 Å². The summed E-state index contributed by atoms with van der Waals surface area (Å²) in [6.07, 6.45) is 3.32. The average molecular weight is 386 g/mol. The molecule has 0 aliphatic heterocycles. The number of nitrogens with zero attached hydrogens (tertiary/aromatic N) is 3. The molecule has 144 valence electrons. The Labute approximate surface area is 166 Å². The fraction of sp³-hybridized carbons (Fsp3) is 0.0909. The maximum Gasteiger partial charge on any atom is 0.269 e. The van der Waals surface area contributed by atoms with Gasteiger partial charge in [-0.1, -0.05) is 24.3 Å².